The van der Waals surface area contributed by atoms with E-state index in [-0.39, 0.29) is 23.9 Å². The average Bonchev–Trinajstić information content (AvgIpc) is 3.18. The lowest BCUT2D eigenvalue weighted by Gasteiger charge is -2.35. The van der Waals surface area contributed by atoms with Crippen molar-refractivity contribution >= 4 is 5.91 Å². The van der Waals surface area contributed by atoms with Gasteiger partial charge in [-0.25, -0.2) is 4.98 Å². The zero-order valence-electron chi connectivity index (χ0n) is 16.3. The summed E-state index contributed by atoms with van der Waals surface area (Å²) in [6, 6.07) is 3.86. The lowest BCUT2D eigenvalue weighted by molar-refractivity contribution is -0.120. The molecule has 2 aromatic heterocycles. The maximum absolute atomic E-state index is 12.5. The van der Waals surface area contributed by atoms with Gasteiger partial charge in [-0.3, -0.25) is 14.5 Å². The summed E-state index contributed by atoms with van der Waals surface area (Å²) in [5.74, 6) is 1.47. The van der Waals surface area contributed by atoms with Gasteiger partial charge in [0.05, 0.1) is 30.7 Å². The van der Waals surface area contributed by atoms with E-state index in [9.17, 15) is 9.59 Å². The Bertz CT molecular complexity index is 820. The molecule has 3 heterocycles. The monoisotopic (exact) mass is 372 g/mol. The first-order chi connectivity index (χ1) is 13.0. The van der Waals surface area contributed by atoms with Crippen LogP contribution < -0.4 is 10.9 Å². The van der Waals surface area contributed by atoms with Crippen LogP contribution in [0.1, 0.15) is 42.8 Å². The minimum atomic E-state index is -0.138. The summed E-state index contributed by atoms with van der Waals surface area (Å²) in [5, 5.41) is 3.00. The number of hydrogen-bond acceptors (Lipinski definition) is 5. The second-order valence-electron chi connectivity index (χ2n) is 7.46. The molecule has 1 saturated heterocycles. The Balaban J connectivity index is 1.64. The molecule has 1 fully saturated rings. The maximum Gasteiger partial charge on any atom is 0.256 e. The molecule has 1 unspecified atom stereocenters. The van der Waals surface area contributed by atoms with Crippen LogP contribution >= 0.6 is 0 Å². The molecule has 2 aromatic rings. The molecule has 0 aromatic carbocycles. The van der Waals surface area contributed by atoms with Gasteiger partial charge >= 0.3 is 0 Å². The highest BCUT2D eigenvalue weighted by Crippen LogP contribution is 2.26. The van der Waals surface area contributed by atoms with E-state index in [1.54, 1.807) is 20.2 Å². The summed E-state index contributed by atoms with van der Waals surface area (Å²) >= 11 is 0. The molecule has 3 rings (SSSR count). The van der Waals surface area contributed by atoms with Gasteiger partial charge in [0.1, 0.15) is 5.76 Å². The number of rotatable bonds is 6. The predicted molar refractivity (Wildman–Crippen MR) is 102 cm³/mol. The third-order valence-corrected chi connectivity index (χ3v) is 5.41. The van der Waals surface area contributed by atoms with Crippen molar-refractivity contribution in [1.82, 2.24) is 19.8 Å². The molecule has 1 atom stereocenters. The first-order valence-electron chi connectivity index (χ1n) is 9.51. The van der Waals surface area contributed by atoms with Gasteiger partial charge in [-0.1, -0.05) is 6.92 Å². The summed E-state index contributed by atoms with van der Waals surface area (Å²) in [4.78, 5) is 31.1. The lowest BCUT2D eigenvalue weighted by Crippen LogP contribution is -2.42. The summed E-state index contributed by atoms with van der Waals surface area (Å²) in [6.07, 6.45) is 5.54. The van der Waals surface area contributed by atoms with Crippen LogP contribution in [0.25, 0.3) is 0 Å². The summed E-state index contributed by atoms with van der Waals surface area (Å²) in [6.45, 7) is 6.46. The van der Waals surface area contributed by atoms with Crippen LogP contribution in [0.15, 0.2) is 33.9 Å². The van der Waals surface area contributed by atoms with E-state index < -0.39 is 0 Å². The molecule has 7 nitrogen and oxygen atoms in total. The largest absolute Gasteiger partial charge is 0.468 e. The maximum atomic E-state index is 12.5. The van der Waals surface area contributed by atoms with Crippen molar-refractivity contribution in [3.63, 3.8) is 0 Å². The molecule has 0 saturated carbocycles. The van der Waals surface area contributed by atoms with Gasteiger partial charge in [-0.2, -0.15) is 0 Å². The minimum Gasteiger partial charge on any atom is -0.468 e. The highest BCUT2D eigenvalue weighted by Gasteiger charge is 2.27. The highest BCUT2D eigenvalue weighted by atomic mass is 16.3. The van der Waals surface area contributed by atoms with E-state index in [2.05, 4.69) is 22.1 Å². The molecule has 1 aliphatic rings. The van der Waals surface area contributed by atoms with Crippen LogP contribution in [0.3, 0.4) is 0 Å². The van der Waals surface area contributed by atoms with Crippen molar-refractivity contribution in [2.75, 3.05) is 19.6 Å². The van der Waals surface area contributed by atoms with Crippen LogP contribution in [-0.2, 0) is 18.3 Å². The van der Waals surface area contributed by atoms with Gasteiger partial charge in [-0.05, 0) is 50.9 Å². The molecule has 0 bridgehead atoms. The second-order valence-corrected chi connectivity index (χ2v) is 7.46. The number of likely N-dealkylation sites (tertiary alicyclic amines) is 1. The number of nitrogens with zero attached hydrogens (tertiary/aromatic N) is 3. The van der Waals surface area contributed by atoms with Crippen molar-refractivity contribution in [2.45, 2.75) is 39.2 Å². The van der Waals surface area contributed by atoms with Gasteiger partial charge in [0.2, 0.25) is 5.91 Å². The fourth-order valence-corrected chi connectivity index (χ4v) is 3.53. The topological polar surface area (TPSA) is 80.4 Å². The fourth-order valence-electron chi connectivity index (χ4n) is 3.53. The van der Waals surface area contributed by atoms with Crippen molar-refractivity contribution < 1.29 is 9.21 Å². The van der Waals surface area contributed by atoms with Crippen molar-refractivity contribution in [3.8, 4) is 0 Å². The molecule has 146 valence electrons. The molecule has 7 heteroatoms. The van der Waals surface area contributed by atoms with E-state index in [0.29, 0.717) is 17.8 Å². The number of furan rings is 1. The number of piperidine rings is 1. The van der Waals surface area contributed by atoms with Crippen molar-refractivity contribution in [1.29, 1.82) is 0 Å². The first-order valence-corrected chi connectivity index (χ1v) is 9.51. The number of carbonyl (C=O) groups is 1. The second kappa shape index (κ2) is 8.52. The molecule has 1 amide bonds. The zero-order valence-corrected chi connectivity index (χ0v) is 16.3. The molecule has 0 radical (unpaired) electrons. The van der Waals surface area contributed by atoms with E-state index in [1.807, 2.05) is 12.1 Å². The van der Waals surface area contributed by atoms with Crippen LogP contribution in [0.4, 0.5) is 0 Å². The Morgan fingerprint density at radius 3 is 2.81 bits per heavy atom. The minimum absolute atomic E-state index is 0.0224. The highest BCUT2D eigenvalue weighted by molar-refractivity contribution is 5.78. The van der Waals surface area contributed by atoms with E-state index in [0.717, 1.165) is 37.6 Å². The van der Waals surface area contributed by atoms with E-state index in [1.165, 1.54) is 10.9 Å². The van der Waals surface area contributed by atoms with E-state index >= 15 is 0 Å². The number of aromatic nitrogens is 2. The Labute approximate surface area is 159 Å². The summed E-state index contributed by atoms with van der Waals surface area (Å²) in [7, 11) is 1.65. The van der Waals surface area contributed by atoms with Crippen LogP contribution in [0, 0.1) is 12.8 Å². The Morgan fingerprint density at radius 2 is 2.15 bits per heavy atom. The third-order valence-electron chi connectivity index (χ3n) is 5.41. The van der Waals surface area contributed by atoms with Gasteiger partial charge in [0.15, 0.2) is 0 Å². The van der Waals surface area contributed by atoms with Crippen molar-refractivity contribution in [3.05, 3.63) is 52.1 Å². The quantitative estimate of drug-likeness (QED) is 0.837. The van der Waals surface area contributed by atoms with Crippen molar-refractivity contribution in [2.24, 2.45) is 13.0 Å². The molecule has 27 heavy (non-hydrogen) atoms. The number of nitrogens with one attached hydrogen (secondary N) is 1. The summed E-state index contributed by atoms with van der Waals surface area (Å²) in [5.41, 5.74) is 0.920. The number of carbonyl (C=O) groups excluding carboxylic acids is 1. The normalized spacial score (nSPS) is 17.0. The lowest BCUT2D eigenvalue weighted by atomic mass is 9.97. The molecule has 1 aliphatic heterocycles. The summed E-state index contributed by atoms with van der Waals surface area (Å²) < 4.78 is 7.04. The van der Waals surface area contributed by atoms with Gasteiger partial charge in [-0.15, -0.1) is 0 Å². The van der Waals surface area contributed by atoms with E-state index in [4.69, 9.17) is 4.42 Å². The van der Waals surface area contributed by atoms with Crippen LogP contribution in [0.2, 0.25) is 0 Å². The smallest absolute Gasteiger partial charge is 0.256 e. The number of amides is 1. The predicted octanol–water partition coefficient (Wildman–Crippen LogP) is 1.81. The Hall–Kier alpha value is -2.41. The molecule has 0 aliphatic carbocycles. The molecule has 1 N–H and O–H groups in total. The SMILES string of the molecule is Cc1c(CC(=O)NCC(c2ccco2)N2CCC(C)CC2)ncn(C)c1=O. The molecule has 0 spiro atoms. The number of hydrogen-bond donors (Lipinski definition) is 1. The van der Waals surface area contributed by atoms with Gasteiger partial charge < -0.3 is 14.3 Å². The Kier molecular flexibility index (Phi) is 6.11. The molecular weight excluding hydrogens is 344 g/mol. The third kappa shape index (κ3) is 4.66. The zero-order chi connectivity index (χ0) is 19.4. The van der Waals surface area contributed by atoms with Crippen LogP contribution in [0.5, 0.6) is 0 Å². The standard InChI is InChI=1S/C20H28N4O3/c1-14-6-8-24(9-7-14)17(18-5-4-10-27-18)12-21-19(25)11-16-15(2)20(26)23(3)13-22-16/h4-5,10,13-14,17H,6-9,11-12H2,1-3H3,(H,21,25). The average molecular weight is 372 g/mol. The fraction of sp³-hybridized carbons (Fsp3) is 0.550. The van der Waals surface area contributed by atoms with Gasteiger partial charge in [0, 0.05) is 19.2 Å². The number of aryl methyl sites for hydroxylation is 1. The van der Waals surface area contributed by atoms with Crippen LogP contribution in [-0.4, -0.2) is 40.0 Å². The Morgan fingerprint density at radius 1 is 1.41 bits per heavy atom. The first kappa shape index (κ1) is 19.4. The molecular formula is C20H28N4O3. The van der Waals surface area contributed by atoms with Gasteiger partial charge in [0.25, 0.3) is 5.56 Å².